The number of imidazole rings is 1. The van der Waals surface area contributed by atoms with Crippen molar-refractivity contribution in [1.29, 1.82) is 0 Å². The lowest BCUT2D eigenvalue weighted by atomic mass is 9.93. The summed E-state index contributed by atoms with van der Waals surface area (Å²) < 4.78 is 53.2. The maximum absolute atomic E-state index is 15.8. The summed E-state index contributed by atoms with van der Waals surface area (Å²) in [6.45, 7) is 5.65. The van der Waals surface area contributed by atoms with Crippen LogP contribution in [0.2, 0.25) is 0 Å². The number of fused-ring (bicyclic) bond motifs is 1. The molecular weight excluding hydrogens is 534 g/mol. The van der Waals surface area contributed by atoms with E-state index in [0.29, 0.717) is 6.42 Å². The van der Waals surface area contributed by atoms with Crippen LogP contribution in [0.5, 0.6) is 5.75 Å². The standard InChI is InChI=1S/C24H32FN6O7P/c1-5-14(2)36-23(33)15(3)30-39(34,38-16-9-7-6-8-10-16)35-12-18-19(32)24(4,25)20(37-18)17-11-27-22-21(26)28-13-29-31(17)22/h6-11,13-15,18-20,32H,5,12H2,1-4H3,(H,30,34)(H2,26,28,29)/t14-,15-,18+,19+,20-,24+,39?/m0/s1. The van der Waals surface area contributed by atoms with Crippen LogP contribution in [0.1, 0.15) is 45.9 Å². The summed E-state index contributed by atoms with van der Waals surface area (Å²) in [6.07, 6.45) is -1.52. The van der Waals surface area contributed by atoms with E-state index >= 15 is 4.39 Å². The van der Waals surface area contributed by atoms with Crippen molar-refractivity contribution >= 4 is 25.2 Å². The third-order valence-corrected chi connectivity index (χ3v) is 8.00. The van der Waals surface area contributed by atoms with E-state index in [2.05, 4.69) is 20.2 Å². The predicted molar refractivity (Wildman–Crippen MR) is 137 cm³/mol. The van der Waals surface area contributed by atoms with Gasteiger partial charge in [0.05, 0.1) is 24.6 Å². The normalized spacial score (nSPS) is 26.2. The van der Waals surface area contributed by atoms with E-state index in [1.807, 2.05) is 6.92 Å². The second-order valence-electron chi connectivity index (χ2n) is 9.42. The molecule has 1 aliphatic rings. The van der Waals surface area contributed by atoms with E-state index in [1.54, 1.807) is 37.3 Å². The highest BCUT2D eigenvalue weighted by atomic mass is 31.2. The monoisotopic (exact) mass is 566 g/mol. The number of nitrogens with two attached hydrogens (primary N) is 1. The number of anilines is 1. The van der Waals surface area contributed by atoms with Crippen molar-refractivity contribution in [2.24, 2.45) is 0 Å². The van der Waals surface area contributed by atoms with Gasteiger partial charge in [-0.05, 0) is 39.3 Å². The van der Waals surface area contributed by atoms with Crippen LogP contribution in [0.15, 0.2) is 42.9 Å². The maximum atomic E-state index is 15.8. The lowest BCUT2D eigenvalue weighted by molar-refractivity contribution is -0.150. The van der Waals surface area contributed by atoms with Gasteiger partial charge in [-0.15, -0.1) is 0 Å². The Morgan fingerprint density at radius 2 is 2.05 bits per heavy atom. The number of nitrogens with one attached hydrogen (secondary N) is 1. The first-order chi connectivity index (χ1) is 18.4. The van der Waals surface area contributed by atoms with Crippen LogP contribution in [0, 0.1) is 0 Å². The molecule has 3 aromatic rings. The van der Waals surface area contributed by atoms with Crippen LogP contribution in [-0.2, 0) is 23.4 Å². The lowest BCUT2D eigenvalue weighted by Crippen LogP contribution is -2.41. The number of benzene rings is 1. The van der Waals surface area contributed by atoms with Gasteiger partial charge in [0.15, 0.2) is 17.1 Å². The molecule has 1 aromatic carbocycles. The Balaban J connectivity index is 1.53. The van der Waals surface area contributed by atoms with Gasteiger partial charge in [0.25, 0.3) is 0 Å². The number of alkyl halides is 1. The van der Waals surface area contributed by atoms with Crippen LogP contribution in [0.3, 0.4) is 0 Å². The highest BCUT2D eigenvalue weighted by Crippen LogP contribution is 2.48. The molecule has 0 bridgehead atoms. The number of hydrogen-bond acceptors (Lipinski definition) is 11. The fourth-order valence-electron chi connectivity index (χ4n) is 3.98. The van der Waals surface area contributed by atoms with Crippen LogP contribution < -0.4 is 15.3 Å². The predicted octanol–water partition coefficient (Wildman–Crippen LogP) is 2.76. The molecule has 7 atom stereocenters. The van der Waals surface area contributed by atoms with E-state index in [9.17, 15) is 14.5 Å². The minimum atomic E-state index is -4.27. The third-order valence-electron chi connectivity index (χ3n) is 6.36. The SMILES string of the molecule is CC[C@H](C)OC(=O)[C@H](C)NP(=O)(OC[C@H]1O[C@@H](c2cnc3c(N)ncnn23)[C@](C)(F)[C@@H]1O)Oc1ccccc1. The molecule has 4 N–H and O–H groups in total. The average Bonchev–Trinajstić information content (AvgIpc) is 3.42. The largest absolute Gasteiger partial charge is 0.462 e. The quantitative estimate of drug-likeness (QED) is 0.229. The van der Waals surface area contributed by atoms with Crippen LogP contribution >= 0.6 is 7.75 Å². The molecule has 1 saturated heterocycles. The lowest BCUT2D eigenvalue weighted by Gasteiger charge is -2.25. The molecule has 0 saturated carbocycles. The van der Waals surface area contributed by atoms with E-state index in [1.165, 1.54) is 24.0 Å². The molecule has 13 nitrogen and oxygen atoms in total. The molecule has 1 aliphatic heterocycles. The van der Waals surface area contributed by atoms with E-state index in [0.717, 1.165) is 6.92 Å². The Bertz CT molecular complexity index is 1340. The van der Waals surface area contributed by atoms with Crippen molar-refractivity contribution in [2.75, 3.05) is 12.3 Å². The molecule has 0 amide bonds. The van der Waals surface area contributed by atoms with Crippen LogP contribution in [-0.4, -0.2) is 67.3 Å². The number of carbonyl (C=O) groups excluding carboxylic acids is 1. The fraction of sp³-hybridized carbons (Fsp3) is 0.500. The summed E-state index contributed by atoms with van der Waals surface area (Å²) in [5, 5.41) is 17.4. The molecular formula is C24H32FN6O7P. The first kappa shape index (κ1) is 28.8. The van der Waals surface area contributed by atoms with Gasteiger partial charge in [0.1, 0.15) is 36.4 Å². The van der Waals surface area contributed by atoms with Crippen molar-refractivity contribution in [3.8, 4) is 5.75 Å². The number of aliphatic hydroxyl groups is 1. The average molecular weight is 567 g/mol. The highest BCUT2D eigenvalue weighted by Gasteiger charge is 2.56. The molecule has 3 heterocycles. The van der Waals surface area contributed by atoms with E-state index in [-0.39, 0.29) is 29.0 Å². The summed E-state index contributed by atoms with van der Waals surface area (Å²) in [5.41, 5.74) is 3.90. The Labute approximate surface area is 224 Å². The molecule has 0 radical (unpaired) electrons. The molecule has 1 fully saturated rings. The van der Waals surface area contributed by atoms with Gasteiger partial charge < -0.3 is 24.8 Å². The van der Waals surface area contributed by atoms with Crippen LogP contribution in [0.4, 0.5) is 10.2 Å². The molecule has 2 aromatic heterocycles. The number of hydrogen-bond donors (Lipinski definition) is 3. The first-order valence-electron chi connectivity index (χ1n) is 12.4. The van der Waals surface area contributed by atoms with Gasteiger partial charge in [0.2, 0.25) is 0 Å². The summed E-state index contributed by atoms with van der Waals surface area (Å²) in [5.74, 6) is -0.381. The highest BCUT2D eigenvalue weighted by molar-refractivity contribution is 7.52. The summed E-state index contributed by atoms with van der Waals surface area (Å²) >= 11 is 0. The minimum Gasteiger partial charge on any atom is -0.462 e. The zero-order valence-corrected chi connectivity index (χ0v) is 22.8. The van der Waals surface area contributed by atoms with Gasteiger partial charge in [-0.3, -0.25) is 9.32 Å². The third kappa shape index (κ3) is 6.20. The number of aromatic nitrogens is 4. The molecule has 39 heavy (non-hydrogen) atoms. The van der Waals surface area contributed by atoms with Gasteiger partial charge in [0, 0.05) is 0 Å². The number of nitrogen functional groups attached to an aromatic ring is 1. The molecule has 4 rings (SSSR count). The van der Waals surface area contributed by atoms with Gasteiger partial charge in [-0.25, -0.2) is 23.4 Å². The Hall–Kier alpha value is -3.16. The minimum absolute atomic E-state index is 0.0845. The number of nitrogens with zero attached hydrogens (tertiary/aromatic N) is 4. The number of ether oxygens (including phenoxy) is 2. The fourth-order valence-corrected chi connectivity index (χ4v) is 5.48. The van der Waals surface area contributed by atoms with Crippen molar-refractivity contribution in [3.05, 3.63) is 48.5 Å². The summed E-state index contributed by atoms with van der Waals surface area (Å²) in [6, 6.07) is 7.08. The number of rotatable bonds is 11. The van der Waals surface area contributed by atoms with E-state index < -0.39 is 50.3 Å². The van der Waals surface area contributed by atoms with Crippen molar-refractivity contribution < 1.29 is 37.4 Å². The Morgan fingerprint density at radius 1 is 1.33 bits per heavy atom. The zero-order chi connectivity index (χ0) is 28.4. The molecule has 212 valence electrons. The van der Waals surface area contributed by atoms with E-state index in [4.69, 9.17) is 24.3 Å². The smallest absolute Gasteiger partial charge is 0.459 e. The molecule has 0 aliphatic carbocycles. The van der Waals surface area contributed by atoms with Gasteiger partial charge >= 0.3 is 13.7 Å². The molecule has 15 heteroatoms. The molecule has 1 unspecified atom stereocenters. The Kier molecular flexibility index (Phi) is 8.52. The number of carbonyl (C=O) groups is 1. The number of para-hydroxylation sites is 1. The van der Waals surface area contributed by atoms with Crippen LogP contribution in [0.25, 0.3) is 5.65 Å². The number of esters is 1. The van der Waals surface area contributed by atoms with Crippen molar-refractivity contribution in [3.63, 3.8) is 0 Å². The summed E-state index contributed by atoms with van der Waals surface area (Å²) in [7, 11) is -4.27. The molecule has 0 spiro atoms. The van der Waals surface area contributed by atoms with Crippen molar-refractivity contribution in [2.45, 2.75) is 70.2 Å². The first-order valence-corrected chi connectivity index (χ1v) is 13.9. The Morgan fingerprint density at radius 3 is 2.74 bits per heavy atom. The van der Waals surface area contributed by atoms with Crippen molar-refractivity contribution in [1.82, 2.24) is 24.7 Å². The number of halogens is 1. The topological polar surface area (TPSA) is 172 Å². The second kappa shape index (κ2) is 11.5. The summed E-state index contributed by atoms with van der Waals surface area (Å²) in [4.78, 5) is 20.5. The second-order valence-corrected chi connectivity index (χ2v) is 11.1. The zero-order valence-electron chi connectivity index (χ0n) is 21.9. The van der Waals surface area contributed by atoms with Gasteiger partial charge in [-0.2, -0.15) is 10.2 Å². The van der Waals surface area contributed by atoms with Gasteiger partial charge in [-0.1, -0.05) is 25.1 Å². The maximum Gasteiger partial charge on any atom is 0.459 e. The number of aliphatic hydroxyl groups excluding tert-OH is 1.